The minimum Gasteiger partial charge on any atom is -0.374 e. The lowest BCUT2D eigenvalue weighted by atomic mass is 9.91. The first kappa shape index (κ1) is 24.2. The number of alkyl halides is 4. The molecule has 3 aromatic rings. The Balaban J connectivity index is 1.29. The van der Waals surface area contributed by atoms with E-state index >= 15 is 0 Å². The summed E-state index contributed by atoms with van der Waals surface area (Å²) in [6, 6.07) is 8.88. The van der Waals surface area contributed by atoms with Gasteiger partial charge < -0.3 is 15.3 Å². The molecule has 7 nitrogen and oxygen atoms in total. The summed E-state index contributed by atoms with van der Waals surface area (Å²) in [6.07, 6.45) is 0.178. The molecule has 34 heavy (non-hydrogen) atoms. The molecule has 1 unspecified atom stereocenters. The van der Waals surface area contributed by atoms with Gasteiger partial charge in [-0.05, 0) is 49.9 Å². The molecule has 184 valence electrons. The summed E-state index contributed by atoms with van der Waals surface area (Å²) in [7, 11) is 1.54. The summed E-state index contributed by atoms with van der Waals surface area (Å²) < 4.78 is 52.7. The van der Waals surface area contributed by atoms with Crippen molar-refractivity contribution < 1.29 is 22.7 Å². The van der Waals surface area contributed by atoms with Gasteiger partial charge in [-0.1, -0.05) is 6.07 Å². The lowest BCUT2D eigenvalue weighted by Gasteiger charge is -2.32. The van der Waals surface area contributed by atoms with Gasteiger partial charge in [0.25, 0.3) is 12.9 Å². The van der Waals surface area contributed by atoms with Crippen molar-refractivity contribution >= 4 is 17.3 Å². The number of anilines is 2. The molecular formula is C23H28F4N6O. The Labute approximate surface area is 194 Å². The number of hydrogen-bond donors (Lipinski definition) is 3. The highest BCUT2D eigenvalue weighted by Gasteiger charge is 2.24. The maximum absolute atomic E-state index is 13.0. The predicted molar refractivity (Wildman–Crippen MR) is 121 cm³/mol. The largest absolute Gasteiger partial charge is 0.374 e. The third kappa shape index (κ3) is 5.76. The maximum Gasteiger partial charge on any atom is 0.281 e. The van der Waals surface area contributed by atoms with E-state index in [4.69, 9.17) is 0 Å². The molecule has 3 heterocycles. The molecule has 0 radical (unpaired) electrons. The molecule has 0 spiro atoms. The average molecular weight is 481 g/mol. The van der Waals surface area contributed by atoms with E-state index in [0.717, 1.165) is 31.5 Å². The fourth-order valence-corrected chi connectivity index (χ4v) is 4.27. The highest BCUT2D eigenvalue weighted by atomic mass is 19.3. The topological polar surface area (TPSA) is 77.7 Å². The van der Waals surface area contributed by atoms with Gasteiger partial charge in [-0.25, -0.2) is 27.5 Å². The van der Waals surface area contributed by atoms with Crippen LogP contribution in [-0.4, -0.2) is 51.6 Å². The molecule has 3 aromatic heterocycles. The number of fused-ring (bicyclic) bond motifs is 1. The lowest BCUT2D eigenvalue weighted by molar-refractivity contribution is 0.112. The summed E-state index contributed by atoms with van der Waals surface area (Å²) in [5.41, 5.74) is 0.786. The average Bonchev–Trinajstić information content (AvgIpc) is 3.26. The Kier molecular flexibility index (Phi) is 7.52. The Morgan fingerprint density at radius 3 is 2.47 bits per heavy atom. The van der Waals surface area contributed by atoms with E-state index in [0.29, 0.717) is 17.0 Å². The van der Waals surface area contributed by atoms with Crippen LogP contribution in [0.4, 0.5) is 29.2 Å². The number of aromatic nitrogens is 3. The second kappa shape index (κ2) is 10.6. The van der Waals surface area contributed by atoms with Crippen molar-refractivity contribution in [3.05, 3.63) is 54.0 Å². The normalized spacial score (nSPS) is 19.6. The number of hydrogen-bond acceptors (Lipinski definition) is 6. The van der Waals surface area contributed by atoms with E-state index in [1.165, 1.54) is 17.3 Å². The number of halogens is 4. The molecule has 0 amide bonds. The summed E-state index contributed by atoms with van der Waals surface area (Å²) in [5.74, 6) is 1.13. The quantitative estimate of drug-likeness (QED) is 0.312. The minimum atomic E-state index is -2.62. The van der Waals surface area contributed by atoms with Gasteiger partial charge in [0, 0.05) is 37.1 Å². The molecule has 4 rings (SSSR count). The van der Waals surface area contributed by atoms with Crippen LogP contribution in [0, 0.1) is 0 Å². The van der Waals surface area contributed by atoms with Crippen LogP contribution in [0.1, 0.15) is 49.6 Å². The number of nitrogens with one attached hydrogen (secondary N) is 2. The minimum absolute atomic E-state index is 0.101. The second-order valence-corrected chi connectivity index (χ2v) is 8.59. The molecular weight excluding hydrogens is 452 g/mol. The molecule has 1 fully saturated rings. The number of nitrogens with zero attached hydrogens (tertiary/aromatic N) is 4. The molecule has 3 N–H and O–H groups in total. The third-order valence-corrected chi connectivity index (χ3v) is 6.10. The van der Waals surface area contributed by atoms with Crippen molar-refractivity contribution in [3.63, 3.8) is 0 Å². The van der Waals surface area contributed by atoms with E-state index < -0.39 is 25.6 Å². The van der Waals surface area contributed by atoms with E-state index in [-0.39, 0.29) is 17.8 Å². The van der Waals surface area contributed by atoms with Crippen molar-refractivity contribution in [2.75, 3.05) is 23.8 Å². The van der Waals surface area contributed by atoms with Gasteiger partial charge in [0.15, 0.2) is 0 Å². The summed E-state index contributed by atoms with van der Waals surface area (Å²) in [6.45, 7) is -0.410. The highest BCUT2D eigenvalue weighted by molar-refractivity contribution is 5.51. The Hall–Kier alpha value is -2.92. The molecule has 0 saturated heterocycles. The maximum atomic E-state index is 13.0. The summed E-state index contributed by atoms with van der Waals surface area (Å²) in [5, 5.41) is 17.2. The van der Waals surface area contributed by atoms with Crippen LogP contribution in [0.25, 0.3) is 5.65 Å². The van der Waals surface area contributed by atoms with Crippen molar-refractivity contribution in [1.29, 1.82) is 0 Å². The monoisotopic (exact) mass is 480 g/mol. The molecule has 0 aromatic carbocycles. The lowest BCUT2D eigenvalue weighted by Crippen LogP contribution is -2.39. The number of rotatable bonds is 9. The number of aliphatic hydroxyl groups is 1. The first-order chi connectivity index (χ1) is 16.3. The van der Waals surface area contributed by atoms with Gasteiger partial charge >= 0.3 is 0 Å². The van der Waals surface area contributed by atoms with Crippen LogP contribution in [0.3, 0.4) is 0 Å². The smallest absolute Gasteiger partial charge is 0.281 e. The molecule has 1 aliphatic carbocycles. The molecule has 1 aliphatic rings. The van der Waals surface area contributed by atoms with E-state index in [1.54, 1.807) is 35.7 Å². The number of aliphatic hydroxyl groups excluding tert-OH is 1. The zero-order chi connectivity index (χ0) is 24.2. The number of imidazole rings is 1. The molecule has 11 heteroatoms. The van der Waals surface area contributed by atoms with E-state index in [1.807, 2.05) is 6.07 Å². The standard InChI is InChI=1S/C23H28F4N6O/c1-32(13-18(24)25)19-10-5-14(11-28-19)23(34)30-16-8-6-15(7-9-16)29-20-3-2-4-21-31-17(22(26)27)12-33(20)21/h2-5,10-12,15-16,18,22-23,29-30,34H,6-9,13H2,1H3/t15-,16+,23?. The van der Waals surface area contributed by atoms with Crippen LogP contribution in [0.15, 0.2) is 42.7 Å². The first-order valence-electron chi connectivity index (χ1n) is 11.2. The van der Waals surface area contributed by atoms with Crippen LogP contribution in [-0.2, 0) is 0 Å². The zero-order valence-corrected chi connectivity index (χ0v) is 18.7. The van der Waals surface area contributed by atoms with Gasteiger partial charge in [-0.15, -0.1) is 0 Å². The van der Waals surface area contributed by atoms with Gasteiger partial charge in [-0.2, -0.15) is 0 Å². The first-order valence-corrected chi connectivity index (χ1v) is 11.2. The molecule has 0 bridgehead atoms. The Bertz CT molecular complexity index is 1070. The number of pyridine rings is 2. The van der Waals surface area contributed by atoms with Crippen LogP contribution in [0.2, 0.25) is 0 Å². The molecule has 1 atom stereocenters. The third-order valence-electron chi connectivity index (χ3n) is 6.10. The van der Waals surface area contributed by atoms with Crippen molar-refractivity contribution in [2.45, 2.75) is 56.8 Å². The van der Waals surface area contributed by atoms with E-state index in [2.05, 4.69) is 20.6 Å². The molecule has 1 saturated carbocycles. The Morgan fingerprint density at radius 2 is 1.82 bits per heavy atom. The molecule has 0 aliphatic heterocycles. The summed E-state index contributed by atoms with van der Waals surface area (Å²) >= 11 is 0. The highest BCUT2D eigenvalue weighted by Crippen LogP contribution is 2.26. The zero-order valence-electron chi connectivity index (χ0n) is 18.7. The van der Waals surface area contributed by atoms with Gasteiger partial charge in [0.05, 0.1) is 6.54 Å². The second-order valence-electron chi connectivity index (χ2n) is 8.59. The van der Waals surface area contributed by atoms with Crippen LogP contribution >= 0.6 is 0 Å². The van der Waals surface area contributed by atoms with Gasteiger partial charge in [0.1, 0.15) is 29.2 Å². The van der Waals surface area contributed by atoms with Crippen LogP contribution < -0.4 is 15.5 Å². The van der Waals surface area contributed by atoms with Crippen molar-refractivity contribution in [2.24, 2.45) is 0 Å². The SMILES string of the molecule is CN(CC(F)F)c1ccc(C(O)N[C@H]2CC[C@@H](Nc3cccc4nc(C(F)F)cn34)CC2)cn1. The Morgan fingerprint density at radius 1 is 1.09 bits per heavy atom. The van der Waals surface area contributed by atoms with Crippen molar-refractivity contribution in [3.8, 4) is 0 Å². The van der Waals surface area contributed by atoms with Gasteiger partial charge in [0.2, 0.25) is 0 Å². The summed E-state index contributed by atoms with van der Waals surface area (Å²) in [4.78, 5) is 9.49. The fourth-order valence-electron chi connectivity index (χ4n) is 4.27. The predicted octanol–water partition coefficient (Wildman–Crippen LogP) is 4.37. The van der Waals surface area contributed by atoms with Crippen LogP contribution in [0.5, 0.6) is 0 Å². The van der Waals surface area contributed by atoms with Gasteiger partial charge in [-0.3, -0.25) is 9.72 Å². The van der Waals surface area contributed by atoms with E-state index in [9.17, 15) is 22.7 Å². The van der Waals surface area contributed by atoms with Crippen molar-refractivity contribution in [1.82, 2.24) is 19.7 Å². The fraction of sp³-hybridized carbons (Fsp3) is 0.478.